The highest BCUT2D eigenvalue weighted by molar-refractivity contribution is 5.48. The van der Waals surface area contributed by atoms with Gasteiger partial charge in [0.2, 0.25) is 0 Å². The van der Waals surface area contributed by atoms with Gasteiger partial charge in [-0.2, -0.15) is 0 Å². The molecule has 1 unspecified atom stereocenters. The van der Waals surface area contributed by atoms with E-state index in [-0.39, 0.29) is 6.04 Å². The average molecular weight is 261 g/mol. The second-order valence-corrected chi connectivity index (χ2v) is 5.84. The van der Waals surface area contributed by atoms with Crippen LogP contribution in [0.3, 0.4) is 0 Å². The molecule has 2 aliphatic rings. The molecule has 2 fully saturated rings. The first-order valence-corrected chi connectivity index (χ1v) is 7.39. The summed E-state index contributed by atoms with van der Waals surface area (Å²) < 4.78 is 5.85. The predicted octanol–water partition coefficient (Wildman–Crippen LogP) is 2.19. The molecular formula is C15H23N3O. The number of piperidine rings is 1. The Labute approximate surface area is 115 Å². The quantitative estimate of drug-likeness (QED) is 0.902. The molecular weight excluding hydrogens is 238 g/mol. The topological polar surface area (TPSA) is 51.4 Å². The Kier molecular flexibility index (Phi) is 3.87. The van der Waals surface area contributed by atoms with E-state index in [0.29, 0.717) is 0 Å². The fourth-order valence-electron chi connectivity index (χ4n) is 2.78. The highest BCUT2D eigenvalue weighted by Crippen LogP contribution is 2.28. The Morgan fingerprint density at radius 1 is 1.26 bits per heavy atom. The van der Waals surface area contributed by atoms with Crippen molar-refractivity contribution in [3.05, 3.63) is 18.5 Å². The number of aromatic nitrogens is 1. The van der Waals surface area contributed by atoms with Crippen molar-refractivity contribution in [3.8, 4) is 5.75 Å². The fraction of sp³-hybridized carbons (Fsp3) is 0.667. The van der Waals surface area contributed by atoms with Crippen LogP contribution in [-0.4, -0.2) is 30.7 Å². The van der Waals surface area contributed by atoms with Gasteiger partial charge in [-0.25, -0.2) is 0 Å². The molecule has 1 atom stereocenters. The summed E-state index contributed by atoms with van der Waals surface area (Å²) in [5.74, 6) is 1.65. The van der Waals surface area contributed by atoms with Gasteiger partial charge in [0.1, 0.15) is 5.75 Å². The number of hydrogen-bond acceptors (Lipinski definition) is 4. The van der Waals surface area contributed by atoms with Crippen molar-refractivity contribution >= 4 is 5.69 Å². The molecule has 19 heavy (non-hydrogen) atoms. The van der Waals surface area contributed by atoms with Crippen molar-refractivity contribution in [2.45, 2.75) is 38.1 Å². The summed E-state index contributed by atoms with van der Waals surface area (Å²) >= 11 is 0. The number of nitrogens with zero attached hydrogens (tertiary/aromatic N) is 2. The summed E-state index contributed by atoms with van der Waals surface area (Å²) in [6, 6.07) is 2.39. The molecule has 104 valence electrons. The van der Waals surface area contributed by atoms with Crippen LogP contribution < -0.4 is 15.4 Å². The van der Waals surface area contributed by atoms with Crippen LogP contribution in [0.2, 0.25) is 0 Å². The zero-order valence-electron chi connectivity index (χ0n) is 11.4. The largest absolute Gasteiger partial charge is 0.492 e. The molecule has 1 aliphatic carbocycles. The van der Waals surface area contributed by atoms with Gasteiger partial charge in [-0.15, -0.1) is 0 Å². The van der Waals surface area contributed by atoms with Crippen molar-refractivity contribution in [3.63, 3.8) is 0 Å². The first-order chi connectivity index (χ1) is 9.31. The zero-order chi connectivity index (χ0) is 13.1. The maximum atomic E-state index is 6.03. The van der Waals surface area contributed by atoms with E-state index in [4.69, 9.17) is 10.5 Å². The SMILES string of the molecule is NC1CCCN(c2cncc(OCC3CCC3)c2)C1. The van der Waals surface area contributed by atoms with Crippen LogP contribution in [-0.2, 0) is 0 Å². The lowest BCUT2D eigenvalue weighted by Crippen LogP contribution is -2.42. The molecule has 1 saturated heterocycles. The van der Waals surface area contributed by atoms with E-state index in [1.54, 1.807) is 0 Å². The third-order valence-electron chi connectivity index (χ3n) is 4.23. The summed E-state index contributed by atoms with van der Waals surface area (Å²) in [6.45, 7) is 2.83. The second kappa shape index (κ2) is 5.78. The average Bonchev–Trinajstić information content (AvgIpc) is 2.37. The summed E-state index contributed by atoms with van der Waals surface area (Å²) in [5, 5.41) is 0. The zero-order valence-corrected chi connectivity index (χ0v) is 11.4. The van der Waals surface area contributed by atoms with Crippen LogP contribution in [0, 0.1) is 5.92 Å². The van der Waals surface area contributed by atoms with Crippen LogP contribution in [0.25, 0.3) is 0 Å². The van der Waals surface area contributed by atoms with Gasteiger partial charge >= 0.3 is 0 Å². The Bertz CT molecular complexity index is 420. The smallest absolute Gasteiger partial charge is 0.139 e. The Hall–Kier alpha value is -1.29. The summed E-state index contributed by atoms with van der Waals surface area (Å²) in [4.78, 5) is 6.62. The lowest BCUT2D eigenvalue weighted by atomic mass is 9.86. The van der Waals surface area contributed by atoms with Gasteiger partial charge in [0.05, 0.1) is 24.7 Å². The maximum absolute atomic E-state index is 6.03. The normalized spacial score (nSPS) is 24.1. The molecule has 1 saturated carbocycles. The minimum atomic E-state index is 0.285. The van der Waals surface area contributed by atoms with Crippen LogP contribution in [0.1, 0.15) is 32.1 Å². The maximum Gasteiger partial charge on any atom is 0.139 e. The minimum Gasteiger partial charge on any atom is -0.492 e. The van der Waals surface area contributed by atoms with E-state index in [1.807, 2.05) is 12.4 Å². The first-order valence-electron chi connectivity index (χ1n) is 7.39. The predicted molar refractivity (Wildman–Crippen MR) is 76.5 cm³/mol. The van der Waals surface area contributed by atoms with Gasteiger partial charge in [-0.05, 0) is 31.6 Å². The first kappa shape index (κ1) is 12.7. The van der Waals surface area contributed by atoms with Crippen LogP contribution in [0.5, 0.6) is 5.75 Å². The van der Waals surface area contributed by atoms with E-state index in [2.05, 4.69) is 16.0 Å². The van der Waals surface area contributed by atoms with E-state index in [9.17, 15) is 0 Å². The van der Waals surface area contributed by atoms with E-state index >= 15 is 0 Å². The monoisotopic (exact) mass is 261 g/mol. The summed E-state index contributed by atoms with van der Waals surface area (Å²) in [6.07, 6.45) is 10.00. The Balaban J connectivity index is 1.61. The molecule has 2 N–H and O–H groups in total. The van der Waals surface area contributed by atoms with Crippen molar-refractivity contribution in [2.24, 2.45) is 11.7 Å². The van der Waals surface area contributed by atoms with Gasteiger partial charge in [0.15, 0.2) is 0 Å². The molecule has 0 spiro atoms. The Morgan fingerprint density at radius 2 is 2.16 bits per heavy atom. The number of pyridine rings is 1. The molecule has 2 heterocycles. The molecule has 1 aromatic heterocycles. The van der Waals surface area contributed by atoms with Gasteiger partial charge < -0.3 is 15.4 Å². The van der Waals surface area contributed by atoms with Crippen molar-refractivity contribution < 1.29 is 4.74 Å². The lowest BCUT2D eigenvalue weighted by Gasteiger charge is -2.32. The molecule has 1 aromatic rings. The van der Waals surface area contributed by atoms with Crippen LogP contribution >= 0.6 is 0 Å². The third-order valence-corrected chi connectivity index (χ3v) is 4.23. The third kappa shape index (κ3) is 3.18. The van der Waals surface area contributed by atoms with Gasteiger partial charge in [0.25, 0.3) is 0 Å². The van der Waals surface area contributed by atoms with Crippen molar-refractivity contribution in [1.82, 2.24) is 4.98 Å². The molecule has 1 aliphatic heterocycles. The summed E-state index contributed by atoms with van der Waals surface area (Å²) in [5.41, 5.74) is 7.17. The van der Waals surface area contributed by atoms with E-state index < -0.39 is 0 Å². The molecule has 0 bridgehead atoms. The van der Waals surface area contributed by atoms with Crippen LogP contribution in [0.15, 0.2) is 18.5 Å². The van der Waals surface area contributed by atoms with E-state index in [0.717, 1.165) is 49.9 Å². The standard InChI is InChI=1S/C15H23N3O/c16-13-5-2-6-18(10-13)14-7-15(9-17-8-14)19-11-12-3-1-4-12/h7-9,12-13H,1-6,10-11,16H2. The van der Waals surface area contributed by atoms with Gasteiger partial charge in [-0.3, -0.25) is 4.98 Å². The van der Waals surface area contributed by atoms with E-state index in [1.165, 1.54) is 19.3 Å². The molecule has 3 rings (SSSR count). The highest BCUT2D eigenvalue weighted by Gasteiger charge is 2.19. The molecule has 4 nitrogen and oxygen atoms in total. The summed E-state index contributed by atoms with van der Waals surface area (Å²) in [7, 11) is 0. The fourth-order valence-corrected chi connectivity index (χ4v) is 2.78. The van der Waals surface area contributed by atoms with Crippen molar-refractivity contribution in [1.29, 1.82) is 0 Å². The minimum absolute atomic E-state index is 0.285. The molecule has 4 heteroatoms. The second-order valence-electron chi connectivity index (χ2n) is 5.84. The molecule has 0 aromatic carbocycles. The van der Waals surface area contributed by atoms with Gasteiger partial charge in [-0.1, -0.05) is 6.42 Å². The van der Waals surface area contributed by atoms with Crippen LogP contribution in [0.4, 0.5) is 5.69 Å². The lowest BCUT2D eigenvalue weighted by molar-refractivity contribution is 0.180. The van der Waals surface area contributed by atoms with Crippen molar-refractivity contribution in [2.75, 3.05) is 24.6 Å². The highest BCUT2D eigenvalue weighted by atomic mass is 16.5. The number of nitrogens with two attached hydrogens (primary N) is 1. The molecule has 0 radical (unpaired) electrons. The Morgan fingerprint density at radius 3 is 2.89 bits per heavy atom. The molecule has 0 amide bonds. The number of hydrogen-bond donors (Lipinski definition) is 1. The number of rotatable bonds is 4. The van der Waals surface area contributed by atoms with Gasteiger partial charge in [0, 0.05) is 25.2 Å². The number of anilines is 1. The number of ether oxygens (including phenoxy) is 1.